The van der Waals surface area contributed by atoms with E-state index in [2.05, 4.69) is 20.9 Å². The lowest BCUT2D eigenvalue weighted by Crippen LogP contribution is -2.45. The van der Waals surface area contributed by atoms with Crippen molar-refractivity contribution in [2.75, 3.05) is 39.5 Å². The molecule has 4 aromatic rings. The SMILES string of the molecule is C#CCOc1ccc2nc(C)sc2c1.CCOC(=O)C1CCN(C(=O)[C@H](Cc2ccc(OCCOS(=O)(=O)c3ccc(C)cc3)cc2)N=[N+]=[N-])CC1. The molecule has 274 valence electrons. The second-order valence-electron chi connectivity index (χ2n) is 11.7. The number of ether oxygens (including phenoxy) is 3. The Kier molecular flexibility index (Phi) is 14.8. The van der Waals surface area contributed by atoms with Crippen LogP contribution in [0.2, 0.25) is 0 Å². The maximum atomic E-state index is 13.0. The molecular weight excluding hydrogens is 707 g/mol. The summed E-state index contributed by atoms with van der Waals surface area (Å²) >= 11 is 1.66. The van der Waals surface area contributed by atoms with E-state index in [4.69, 9.17) is 30.3 Å². The number of azide groups is 1. The van der Waals surface area contributed by atoms with Crippen LogP contribution in [0.5, 0.6) is 11.5 Å². The molecule has 0 spiro atoms. The van der Waals surface area contributed by atoms with Crippen molar-refractivity contribution in [1.82, 2.24) is 9.88 Å². The zero-order chi connectivity index (χ0) is 37.5. The summed E-state index contributed by atoms with van der Waals surface area (Å²) in [5.74, 6) is 2.99. The van der Waals surface area contributed by atoms with E-state index in [0.717, 1.165) is 32.1 Å². The highest BCUT2D eigenvalue weighted by atomic mass is 32.2. The van der Waals surface area contributed by atoms with Crippen LogP contribution in [0.25, 0.3) is 20.7 Å². The first kappa shape index (κ1) is 39.7. The minimum absolute atomic E-state index is 0.0199. The number of carbonyl (C=O) groups is 2. The molecule has 0 unspecified atom stereocenters. The molecule has 1 atom stereocenters. The van der Waals surface area contributed by atoms with Crippen molar-refractivity contribution in [3.05, 3.63) is 93.3 Å². The molecule has 0 saturated carbocycles. The maximum absolute atomic E-state index is 13.0. The van der Waals surface area contributed by atoms with Gasteiger partial charge in [-0.1, -0.05) is 40.9 Å². The molecular formula is C37H41N5O8S2. The Hall–Kier alpha value is -5.13. The molecule has 5 rings (SSSR count). The number of carbonyl (C=O) groups excluding carboxylic acids is 2. The third-order valence-corrected chi connectivity index (χ3v) is 10.2. The van der Waals surface area contributed by atoms with Gasteiger partial charge in [0.1, 0.15) is 37.4 Å². The maximum Gasteiger partial charge on any atom is 0.309 e. The van der Waals surface area contributed by atoms with Gasteiger partial charge >= 0.3 is 5.97 Å². The Bertz CT molecular complexity index is 2000. The van der Waals surface area contributed by atoms with Crippen molar-refractivity contribution in [2.24, 2.45) is 11.0 Å². The fourth-order valence-corrected chi connectivity index (χ4v) is 7.05. The van der Waals surface area contributed by atoms with Gasteiger partial charge in [0.05, 0.1) is 32.6 Å². The number of rotatable bonds is 14. The average molecular weight is 748 g/mol. The number of hydrogen-bond acceptors (Lipinski definition) is 11. The van der Waals surface area contributed by atoms with Crippen molar-refractivity contribution < 1.29 is 36.4 Å². The second kappa shape index (κ2) is 19.5. The van der Waals surface area contributed by atoms with E-state index < -0.39 is 16.2 Å². The van der Waals surface area contributed by atoms with Crippen molar-refractivity contribution in [1.29, 1.82) is 0 Å². The van der Waals surface area contributed by atoms with Crippen molar-refractivity contribution in [2.45, 2.75) is 51.0 Å². The lowest BCUT2D eigenvalue weighted by atomic mass is 9.96. The van der Waals surface area contributed by atoms with E-state index in [9.17, 15) is 18.0 Å². The van der Waals surface area contributed by atoms with Crippen LogP contribution >= 0.6 is 11.3 Å². The fraction of sp³-hybridized carbons (Fsp3) is 0.378. The molecule has 2 heterocycles. The summed E-state index contributed by atoms with van der Waals surface area (Å²) in [7, 11) is -3.86. The number of piperidine rings is 1. The largest absolute Gasteiger partial charge is 0.491 e. The first-order valence-electron chi connectivity index (χ1n) is 16.6. The number of benzene rings is 3. The van der Waals surface area contributed by atoms with Crippen LogP contribution in [0, 0.1) is 32.1 Å². The van der Waals surface area contributed by atoms with Crippen LogP contribution in [-0.4, -0.2) is 75.7 Å². The fourth-order valence-electron chi connectivity index (χ4n) is 5.30. The highest BCUT2D eigenvalue weighted by Gasteiger charge is 2.31. The van der Waals surface area contributed by atoms with Crippen LogP contribution < -0.4 is 9.47 Å². The van der Waals surface area contributed by atoms with E-state index in [0.29, 0.717) is 44.9 Å². The van der Waals surface area contributed by atoms with Gasteiger partial charge in [-0.3, -0.25) is 13.8 Å². The minimum atomic E-state index is -3.86. The summed E-state index contributed by atoms with van der Waals surface area (Å²) in [5, 5.41) is 4.77. The normalized spacial score (nSPS) is 13.5. The number of aromatic nitrogens is 1. The Morgan fingerprint density at radius 2 is 1.73 bits per heavy atom. The number of terminal acetylenes is 1. The molecule has 13 nitrogen and oxygen atoms in total. The zero-order valence-corrected chi connectivity index (χ0v) is 30.9. The van der Waals surface area contributed by atoms with Gasteiger partial charge in [0.15, 0.2) is 0 Å². The van der Waals surface area contributed by atoms with Crippen molar-refractivity contribution in [3.8, 4) is 23.8 Å². The molecule has 1 aromatic heterocycles. The third kappa shape index (κ3) is 11.7. The Balaban J connectivity index is 0.000000358. The monoisotopic (exact) mass is 747 g/mol. The molecule has 3 aromatic carbocycles. The lowest BCUT2D eigenvalue weighted by Gasteiger charge is -2.32. The summed E-state index contributed by atoms with van der Waals surface area (Å²) in [6.45, 7) is 6.91. The Labute approximate surface area is 307 Å². The van der Waals surface area contributed by atoms with Crippen LogP contribution in [-0.2, 0) is 35.0 Å². The number of aryl methyl sites for hydroxylation is 2. The third-order valence-electron chi connectivity index (χ3n) is 7.94. The zero-order valence-electron chi connectivity index (χ0n) is 29.3. The van der Waals surface area contributed by atoms with E-state index in [1.165, 1.54) is 12.1 Å². The van der Waals surface area contributed by atoms with E-state index >= 15 is 0 Å². The summed E-state index contributed by atoms with van der Waals surface area (Å²) < 4.78 is 46.6. The number of fused-ring (bicyclic) bond motifs is 1. The Morgan fingerprint density at radius 3 is 2.38 bits per heavy atom. The molecule has 1 saturated heterocycles. The minimum Gasteiger partial charge on any atom is -0.491 e. The first-order valence-corrected chi connectivity index (χ1v) is 18.9. The standard InChI is InChI=1S/C26H32N4O7S.C11H9NOS/c1-3-35-26(32)21-12-14-30(15-13-21)25(31)24(28-29-27)18-20-6-8-22(9-7-20)36-16-17-37-38(33,34)23-10-4-19(2)5-11-23;1-3-6-13-9-4-5-10-11(7-9)14-8(2)12-10/h4-11,21,24H,3,12-18H2,1-2H3;1,4-5,7H,6H2,2H3/t24-;/m0./s1. The van der Waals surface area contributed by atoms with Gasteiger partial charge in [-0.2, -0.15) is 8.42 Å². The van der Waals surface area contributed by atoms with E-state index in [1.54, 1.807) is 59.6 Å². The van der Waals surface area contributed by atoms with E-state index in [-0.39, 0.29) is 42.3 Å². The average Bonchev–Trinajstić information content (AvgIpc) is 3.52. The lowest BCUT2D eigenvalue weighted by molar-refractivity contribution is -0.151. The summed E-state index contributed by atoms with van der Waals surface area (Å²) in [6, 6.07) is 18.1. The number of amides is 1. The highest BCUT2D eigenvalue weighted by Crippen LogP contribution is 2.26. The summed E-state index contributed by atoms with van der Waals surface area (Å²) in [5.41, 5.74) is 11.7. The predicted molar refractivity (Wildman–Crippen MR) is 198 cm³/mol. The number of likely N-dealkylation sites (tertiary alicyclic amines) is 1. The molecule has 1 fully saturated rings. The second-order valence-corrected chi connectivity index (χ2v) is 14.6. The quantitative estimate of drug-likeness (QED) is 0.0269. The first-order chi connectivity index (χ1) is 25.0. The van der Waals surface area contributed by atoms with Crippen LogP contribution in [0.4, 0.5) is 0 Å². The van der Waals surface area contributed by atoms with Gasteiger partial charge < -0.3 is 19.1 Å². The number of esters is 1. The highest BCUT2D eigenvalue weighted by molar-refractivity contribution is 7.86. The molecule has 0 bridgehead atoms. The Morgan fingerprint density at radius 1 is 1.04 bits per heavy atom. The summed E-state index contributed by atoms with van der Waals surface area (Å²) in [6.07, 6.45) is 6.33. The number of nitrogens with zero attached hydrogens (tertiary/aromatic N) is 5. The number of hydrogen-bond donors (Lipinski definition) is 0. The van der Waals surface area contributed by atoms with Crippen LogP contribution in [0.15, 0.2) is 76.7 Å². The van der Waals surface area contributed by atoms with Gasteiger partial charge in [0.25, 0.3) is 10.1 Å². The number of thiazole rings is 1. The van der Waals surface area contributed by atoms with Crippen LogP contribution in [0.1, 0.15) is 35.9 Å². The van der Waals surface area contributed by atoms with E-state index in [1.807, 2.05) is 32.0 Å². The van der Waals surface area contributed by atoms with Gasteiger partial charge in [0.2, 0.25) is 5.91 Å². The smallest absolute Gasteiger partial charge is 0.309 e. The summed E-state index contributed by atoms with van der Waals surface area (Å²) in [4.78, 5) is 33.8. The molecule has 52 heavy (non-hydrogen) atoms. The predicted octanol–water partition coefficient (Wildman–Crippen LogP) is 6.42. The molecule has 0 aliphatic carbocycles. The van der Waals surface area contributed by atoms with Crippen LogP contribution in [0.3, 0.4) is 0 Å². The molecule has 15 heteroatoms. The molecule has 1 amide bonds. The topological polar surface area (TPSA) is 170 Å². The van der Waals surface area contributed by atoms with Crippen molar-refractivity contribution >= 4 is 43.5 Å². The van der Waals surface area contributed by atoms with Gasteiger partial charge in [-0.05, 0) is 93.6 Å². The molecule has 0 radical (unpaired) electrons. The van der Waals surface area contributed by atoms with Gasteiger partial charge in [-0.25, -0.2) is 4.98 Å². The van der Waals surface area contributed by atoms with Crippen molar-refractivity contribution in [3.63, 3.8) is 0 Å². The molecule has 1 aliphatic rings. The van der Waals surface area contributed by atoms with Gasteiger partial charge in [-0.15, -0.1) is 17.8 Å². The molecule has 1 aliphatic heterocycles. The van der Waals surface area contributed by atoms with Gasteiger partial charge in [0, 0.05) is 18.0 Å². The molecule has 0 N–H and O–H groups in total.